The van der Waals surface area contributed by atoms with Gasteiger partial charge in [-0.3, -0.25) is 9.59 Å². The Morgan fingerprint density at radius 2 is 2.00 bits per heavy atom. The normalized spacial score (nSPS) is 11.8. The third-order valence-electron chi connectivity index (χ3n) is 2.67. The third-order valence-corrected chi connectivity index (χ3v) is 3.94. The molecule has 0 heterocycles. The minimum absolute atomic E-state index is 0.239. The van der Waals surface area contributed by atoms with E-state index in [1.165, 1.54) is 11.8 Å². The van der Waals surface area contributed by atoms with Gasteiger partial charge in [-0.05, 0) is 31.2 Å². The van der Waals surface area contributed by atoms with Crippen LogP contribution in [0.1, 0.15) is 13.3 Å². The van der Waals surface area contributed by atoms with Crippen molar-refractivity contribution in [3.05, 3.63) is 29.3 Å². The smallest absolute Gasteiger partial charge is 0.307 e. The number of halogens is 1. The van der Waals surface area contributed by atoms with Crippen LogP contribution >= 0.6 is 23.4 Å². The van der Waals surface area contributed by atoms with Crippen LogP contribution in [0.25, 0.3) is 0 Å². The molecule has 0 fully saturated rings. The highest BCUT2D eigenvalue weighted by Crippen LogP contribution is 2.21. The first-order valence-corrected chi connectivity index (χ1v) is 8.23. The van der Waals surface area contributed by atoms with Crippen LogP contribution in [0, 0.1) is 0 Å². The van der Waals surface area contributed by atoms with E-state index in [9.17, 15) is 9.59 Å². The van der Waals surface area contributed by atoms with Gasteiger partial charge in [0.1, 0.15) is 0 Å². The molecule has 0 radical (unpaired) electrons. The number of methoxy groups -OCH3 is 1. The summed E-state index contributed by atoms with van der Waals surface area (Å²) < 4.78 is 9.90. The number of amides is 1. The molecule has 5 nitrogen and oxygen atoms in total. The summed E-state index contributed by atoms with van der Waals surface area (Å²) in [6.45, 7) is 2.36. The zero-order valence-electron chi connectivity index (χ0n) is 12.6. The molecular weight excluding hydrogens is 326 g/mol. The van der Waals surface area contributed by atoms with Gasteiger partial charge in [0.05, 0.1) is 13.0 Å². The highest BCUT2D eigenvalue weighted by atomic mass is 35.5. The first-order valence-electron chi connectivity index (χ1n) is 6.87. The van der Waals surface area contributed by atoms with Gasteiger partial charge in [-0.2, -0.15) is 0 Å². The Hall–Kier alpha value is -1.24. The van der Waals surface area contributed by atoms with Crippen LogP contribution in [-0.2, 0) is 19.1 Å². The molecule has 0 aliphatic heterocycles. The molecule has 0 unspecified atom stereocenters. The van der Waals surface area contributed by atoms with Crippen molar-refractivity contribution in [2.45, 2.75) is 24.3 Å². The van der Waals surface area contributed by atoms with Gasteiger partial charge < -0.3 is 14.8 Å². The lowest BCUT2D eigenvalue weighted by Gasteiger charge is -2.13. The van der Waals surface area contributed by atoms with Crippen molar-refractivity contribution >= 4 is 35.2 Å². The lowest BCUT2D eigenvalue weighted by atomic mass is 10.3. The van der Waals surface area contributed by atoms with Gasteiger partial charge in [0.15, 0.2) is 6.10 Å². The largest absolute Gasteiger partial charge is 0.453 e. The number of hydrogen-bond donors (Lipinski definition) is 1. The van der Waals surface area contributed by atoms with Crippen molar-refractivity contribution < 1.29 is 19.1 Å². The Kier molecular flexibility index (Phi) is 8.96. The SMILES string of the molecule is COCCNC(=O)[C@@H](C)OC(=O)CCSc1ccc(Cl)cc1. The molecule has 1 aromatic rings. The average Bonchev–Trinajstić information content (AvgIpc) is 2.49. The maximum Gasteiger partial charge on any atom is 0.307 e. The van der Waals surface area contributed by atoms with Crippen LogP contribution in [0.4, 0.5) is 0 Å². The highest BCUT2D eigenvalue weighted by Gasteiger charge is 2.16. The van der Waals surface area contributed by atoms with Gasteiger partial charge >= 0.3 is 5.97 Å². The van der Waals surface area contributed by atoms with Crippen molar-refractivity contribution in [3.63, 3.8) is 0 Å². The number of benzene rings is 1. The molecule has 1 atom stereocenters. The van der Waals surface area contributed by atoms with Gasteiger partial charge in [0.2, 0.25) is 0 Å². The number of carbonyl (C=O) groups is 2. The monoisotopic (exact) mass is 345 g/mol. The Balaban J connectivity index is 2.22. The van der Waals surface area contributed by atoms with E-state index >= 15 is 0 Å². The van der Waals surface area contributed by atoms with Gasteiger partial charge in [0.25, 0.3) is 5.91 Å². The summed E-state index contributed by atoms with van der Waals surface area (Å²) in [5.41, 5.74) is 0. The lowest BCUT2D eigenvalue weighted by Crippen LogP contribution is -2.37. The molecule has 1 amide bonds. The predicted octanol–water partition coefficient (Wildman–Crippen LogP) is 2.52. The molecule has 0 bridgehead atoms. The Morgan fingerprint density at radius 3 is 2.64 bits per heavy atom. The molecule has 0 aliphatic carbocycles. The van der Waals surface area contributed by atoms with E-state index in [-0.39, 0.29) is 12.3 Å². The fourth-order valence-electron chi connectivity index (χ4n) is 1.51. The molecule has 1 N–H and O–H groups in total. The van der Waals surface area contributed by atoms with E-state index < -0.39 is 12.1 Å². The second-order valence-electron chi connectivity index (χ2n) is 4.47. The van der Waals surface area contributed by atoms with Crippen LogP contribution < -0.4 is 5.32 Å². The van der Waals surface area contributed by atoms with Crippen LogP contribution in [-0.4, -0.2) is 44.0 Å². The zero-order chi connectivity index (χ0) is 16.4. The maximum atomic E-state index is 11.7. The van der Waals surface area contributed by atoms with Crippen LogP contribution in [0.3, 0.4) is 0 Å². The van der Waals surface area contributed by atoms with Crippen LogP contribution in [0.15, 0.2) is 29.2 Å². The number of hydrogen-bond acceptors (Lipinski definition) is 5. The molecular formula is C15H20ClNO4S. The van der Waals surface area contributed by atoms with E-state index in [1.54, 1.807) is 26.2 Å². The lowest BCUT2D eigenvalue weighted by molar-refractivity contribution is -0.154. The summed E-state index contributed by atoms with van der Waals surface area (Å²) in [7, 11) is 1.55. The average molecular weight is 346 g/mol. The summed E-state index contributed by atoms with van der Waals surface area (Å²) in [6.07, 6.45) is -0.562. The van der Waals surface area contributed by atoms with E-state index in [0.717, 1.165) is 4.90 Å². The molecule has 1 aromatic carbocycles. The number of nitrogens with one attached hydrogen (secondary N) is 1. The van der Waals surface area contributed by atoms with E-state index in [0.29, 0.717) is 23.9 Å². The molecule has 0 saturated carbocycles. The number of ether oxygens (including phenoxy) is 2. The molecule has 0 saturated heterocycles. The first-order chi connectivity index (χ1) is 10.5. The Morgan fingerprint density at radius 1 is 1.32 bits per heavy atom. The van der Waals surface area contributed by atoms with Crippen molar-refractivity contribution in [2.75, 3.05) is 26.0 Å². The van der Waals surface area contributed by atoms with Crippen molar-refractivity contribution in [3.8, 4) is 0 Å². The number of rotatable bonds is 9. The molecule has 22 heavy (non-hydrogen) atoms. The van der Waals surface area contributed by atoms with Crippen molar-refractivity contribution in [2.24, 2.45) is 0 Å². The molecule has 0 aromatic heterocycles. The zero-order valence-corrected chi connectivity index (χ0v) is 14.2. The van der Waals surface area contributed by atoms with Crippen LogP contribution in [0.5, 0.6) is 0 Å². The Bertz CT molecular complexity index is 481. The predicted molar refractivity (Wildman–Crippen MR) is 87.2 cm³/mol. The maximum absolute atomic E-state index is 11.7. The summed E-state index contributed by atoms with van der Waals surface area (Å²) in [4.78, 5) is 24.3. The standard InChI is InChI=1S/C15H20ClNO4S/c1-11(15(19)17-8-9-20-2)21-14(18)7-10-22-13-5-3-12(16)4-6-13/h3-6,11H,7-10H2,1-2H3,(H,17,19)/t11-/m1/s1. The Labute approximate surface area is 139 Å². The minimum atomic E-state index is -0.801. The van der Waals surface area contributed by atoms with Crippen LogP contribution in [0.2, 0.25) is 5.02 Å². The third kappa shape index (κ3) is 7.68. The molecule has 122 valence electrons. The second kappa shape index (κ2) is 10.5. The summed E-state index contributed by atoms with van der Waals surface area (Å²) >= 11 is 7.33. The van der Waals surface area contributed by atoms with Gasteiger partial charge in [-0.1, -0.05) is 11.6 Å². The second-order valence-corrected chi connectivity index (χ2v) is 6.07. The number of thioether (sulfide) groups is 1. The number of esters is 1. The highest BCUT2D eigenvalue weighted by molar-refractivity contribution is 7.99. The summed E-state index contributed by atoms with van der Waals surface area (Å²) in [5.74, 6) is -0.134. The van der Waals surface area contributed by atoms with Gasteiger partial charge in [-0.15, -0.1) is 11.8 Å². The van der Waals surface area contributed by atoms with E-state index in [2.05, 4.69) is 5.32 Å². The summed E-state index contributed by atoms with van der Waals surface area (Å²) in [5, 5.41) is 3.29. The van der Waals surface area contributed by atoms with Crippen molar-refractivity contribution in [1.82, 2.24) is 5.32 Å². The minimum Gasteiger partial charge on any atom is -0.453 e. The fraction of sp³-hybridized carbons (Fsp3) is 0.467. The number of carbonyl (C=O) groups excluding carboxylic acids is 2. The molecule has 0 aliphatic rings. The topological polar surface area (TPSA) is 64.6 Å². The molecule has 1 rings (SSSR count). The summed E-state index contributed by atoms with van der Waals surface area (Å²) in [6, 6.07) is 7.39. The first kappa shape index (κ1) is 18.8. The van der Waals surface area contributed by atoms with Gasteiger partial charge in [0, 0.05) is 29.3 Å². The molecule has 0 spiro atoms. The quantitative estimate of drug-likeness (QED) is 0.423. The molecule has 7 heteroatoms. The van der Waals surface area contributed by atoms with E-state index in [4.69, 9.17) is 21.1 Å². The van der Waals surface area contributed by atoms with Gasteiger partial charge in [-0.25, -0.2) is 0 Å². The van der Waals surface area contributed by atoms with Crippen molar-refractivity contribution in [1.29, 1.82) is 0 Å². The van der Waals surface area contributed by atoms with E-state index in [1.807, 2.05) is 12.1 Å². The fourth-order valence-corrected chi connectivity index (χ4v) is 2.47.